The van der Waals surface area contributed by atoms with E-state index in [4.69, 9.17) is 5.73 Å². The van der Waals surface area contributed by atoms with Crippen molar-refractivity contribution < 1.29 is 0 Å². The highest BCUT2D eigenvalue weighted by Crippen LogP contribution is 1.99. The number of nitrogens with two attached hydrogens (primary N) is 1. The normalized spacial score (nSPS) is 20.5. The molecule has 0 aromatic heterocycles. The summed E-state index contributed by atoms with van der Waals surface area (Å²) in [5.74, 6) is 0. The Morgan fingerprint density at radius 2 is 1.58 bits per heavy atom. The molecule has 0 aromatic carbocycles. The maximum atomic E-state index is 5.47. The largest absolute Gasteiger partial charge is 0.329 e. The van der Waals surface area contributed by atoms with Crippen LogP contribution < -0.4 is 5.73 Å². The van der Waals surface area contributed by atoms with Crippen LogP contribution in [0.2, 0.25) is 0 Å². The molecule has 0 aliphatic carbocycles. The smallest absolute Gasteiger partial charge is 0.0110 e. The van der Waals surface area contributed by atoms with Crippen molar-refractivity contribution in [2.75, 3.05) is 45.8 Å². The number of hydrogen-bond donors (Lipinski definition) is 1. The van der Waals surface area contributed by atoms with Gasteiger partial charge in [-0.05, 0) is 6.54 Å². The topological polar surface area (TPSA) is 32.5 Å². The van der Waals surface area contributed by atoms with E-state index < -0.39 is 0 Å². The Labute approximate surface area is 81.3 Å². The predicted molar refractivity (Wildman–Crippen MR) is 54.9 cm³/mol. The number of piperazine rings is 1. The average Bonchev–Trinajstić information content (AvgIpc) is 2.07. The summed E-state index contributed by atoms with van der Waals surface area (Å²) in [4.78, 5) is 4.92. The van der Waals surface area contributed by atoms with Crippen LogP contribution in [0.4, 0.5) is 0 Å². The third kappa shape index (κ3) is 3.72. The maximum absolute atomic E-state index is 5.47. The Bertz CT molecular complexity index is 102. The average molecular weight is 194 g/mol. The van der Waals surface area contributed by atoms with Gasteiger partial charge in [0.2, 0.25) is 0 Å². The van der Waals surface area contributed by atoms with Crippen LogP contribution in [0.3, 0.4) is 0 Å². The van der Waals surface area contributed by atoms with Gasteiger partial charge < -0.3 is 10.6 Å². The molecule has 0 saturated carbocycles. The summed E-state index contributed by atoms with van der Waals surface area (Å²) < 4.78 is 0. The number of hydrogen-bond acceptors (Lipinski definition) is 3. The summed E-state index contributed by atoms with van der Waals surface area (Å²) in [6.45, 7) is 10.1. The predicted octanol–water partition coefficient (Wildman–Crippen LogP) is 0.00440. The zero-order valence-corrected chi connectivity index (χ0v) is 8.65. The molecule has 1 aliphatic rings. The van der Waals surface area contributed by atoms with Crippen LogP contribution in [0.5, 0.6) is 0 Å². The highest BCUT2D eigenvalue weighted by molar-refractivity contribution is 5.85. The standard InChI is InChI=1S/C8H19N3.ClH/c1-2-10-5-7-11(4-3-9)8-6-10;/h2-9H2,1H3;1H. The lowest BCUT2D eigenvalue weighted by Gasteiger charge is -2.33. The van der Waals surface area contributed by atoms with Gasteiger partial charge in [0.1, 0.15) is 0 Å². The van der Waals surface area contributed by atoms with Crippen molar-refractivity contribution >= 4 is 12.4 Å². The molecule has 0 aromatic rings. The van der Waals surface area contributed by atoms with Crippen LogP contribution in [0, 0.1) is 0 Å². The summed E-state index contributed by atoms with van der Waals surface area (Å²) in [5, 5.41) is 0. The molecule has 0 bridgehead atoms. The molecule has 0 radical (unpaired) electrons. The van der Waals surface area contributed by atoms with Crippen molar-refractivity contribution in [2.24, 2.45) is 5.73 Å². The van der Waals surface area contributed by atoms with Crippen LogP contribution >= 0.6 is 12.4 Å². The van der Waals surface area contributed by atoms with E-state index in [0.29, 0.717) is 0 Å². The molecule has 1 aliphatic heterocycles. The van der Waals surface area contributed by atoms with E-state index >= 15 is 0 Å². The van der Waals surface area contributed by atoms with E-state index in [0.717, 1.165) is 13.1 Å². The molecule has 1 rings (SSSR count). The lowest BCUT2D eigenvalue weighted by molar-refractivity contribution is 0.140. The molecule has 12 heavy (non-hydrogen) atoms. The summed E-state index contributed by atoms with van der Waals surface area (Å²) in [5.41, 5.74) is 5.47. The number of rotatable bonds is 3. The van der Waals surface area contributed by atoms with E-state index in [1.807, 2.05) is 0 Å². The zero-order valence-electron chi connectivity index (χ0n) is 7.83. The Morgan fingerprint density at radius 1 is 1.08 bits per heavy atom. The minimum Gasteiger partial charge on any atom is -0.329 e. The molecule has 0 unspecified atom stereocenters. The Hall–Kier alpha value is 0.170. The van der Waals surface area contributed by atoms with Gasteiger partial charge in [-0.25, -0.2) is 0 Å². The second-order valence-electron chi connectivity index (χ2n) is 3.06. The lowest BCUT2D eigenvalue weighted by atomic mass is 10.3. The van der Waals surface area contributed by atoms with Gasteiger partial charge in [0, 0.05) is 39.3 Å². The fourth-order valence-corrected chi connectivity index (χ4v) is 1.51. The zero-order chi connectivity index (χ0) is 8.10. The second-order valence-corrected chi connectivity index (χ2v) is 3.06. The number of nitrogens with zero attached hydrogens (tertiary/aromatic N) is 2. The molecule has 74 valence electrons. The molecule has 0 amide bonds. The first-order valence-corrected chi connectivity index (χ1v) is 4.51. The first kappa shape index (κ1) is 12.2. The first-order valence-electron chi connectivity index (χ1n) is 4.51. The van der Waals surface area contributed by atoms with Gasteiger partial charge in [-0.2, -0.15) is 0 Å². The SMILES string of the molecule is CCN1CCN(CCN)CC1.Cl. The van der Waals surface area contributed by atoms with Crippen molar-refractivity contribution in [1.82, 2.24) is 9.80 Å². The fourth-order valence-electron chi connectivity index (χ4n) is 1.51. The minimum atomic E-state index is 0. The van der Waals surface area contributed by atoms with Crippen LogP contribution in [-0.4, -0.2) is 55.6 Å². The Balaban J connectivity index is 0.00000121. The van der Waals surface area contributed by atoms with Gasteiger partial charge >= 0.3 is 0 Å². The summed E-state index contributed by atoms with van der Waals surface area (Å²) in [7, 11) is 0. The molecule has 0 spiro atoms. The van der Waals surface area contributed by atoms with Gasteiger partial charge in [0.15, 0.2) is 0 Å². The van der Waals surface area contributed by atoms with Crippen molar-refractivity contribution in [3.63, 3.8) is 0 Å². The summed E-state index contributed by atoms with van der Waals surface area (Å²) >= 11 is 0. The molecular weight excluding hydrogens is 174 g/mol. The fraction of sp³-hybridized carbons (Fsp3) is 1.00. The minimum absolute atomic E-state index is 0. The van der Waals surface area contributed by atoms with Crippen molar-refractivity contribution in [3.8, 4) is 0 Å². The molecule has 1 fully saturated rings. The highest BCUT2D eigenvalue weighted by atomic mass is 35.5. The van der Waals surface area contributed by atoms with Gasteiger partial charge in [0.05, 0.1) is 0 Å². The second kappa shape index (κ2) is 6.66. The quantitative estimate of drug-likeness (QED) is 0.686. The van der Waals surface area contributed by atoms with Crippen LogP contribution in [0.15, 0.2) is 0 Å². The molecule has 4 heteroatoms. The van der Waals surface area contributed by atoms with Crippen molar-refractivity contribution in [3.05, 3.63) is 0 Å². The van der Waals surface area contributed by atoms with Crippen LogP contribution in [0.25, 0.3) is 0 Å². The molecule has 1 heterocycles. The van der Waals surface area contributed by atoms with E-state index in [2.05, 4.69) is 16.7 Å². The summed E-state index contributed by atoms with van der Waals surface area (Å²) in [6.07, 6.45) is 0. The molecule has 0 atom stereocenters. The third-order valence-electron chi connectivity index (χ3n) is 2.36. The number of likely N-dealkylation sites (N-methyl/N-ethyl adjacent to an activating group) is 1. The highest BCUT2D eigenvalue weighted by Gasteiger charge is 2.13. The Morgan fingerprint density at radius 3 is 2.00 bits per heavy atom. The lowest BCUT2D eigenvalue weighted by Crippen LogP contribution is -2.47. The molecule has 1 saturated heterocycles. The monoisotopic (exact) mass is 193 g/mol. The first-order chi connectivity index (χ1) is 5.36. The molecular formula is C8H20ClN3. The third-order valence-corrected chi connectivity index (χ3v) is 2.36. The van der Waals surface area contributed by atoms with Crippen LogP contribution in [-0.2, 0) is 0 Å². The molecule has 3 nitrogen and oxygen atoms in total. The molecule has 2 N–H and O–H groups in total. The van der Waals surface area contributed by atoms with Gasteiger partial charge in [-0.3, -0.25) is 4.90 Å². The van der Waals surface area contributed by atoms with E-state index in [1.165, 1.54) is 32.7 Å². The van der Waals surface area contributed by atoms with E-state index in [9.17, 15) is 0 Å². The Kier molecular flexibility index (Phi) is 6.76. The van der Waals surface area contributed by atoms with E-state index in [1.54, 1.807) is 0 Å². The van der Waals surface area contributed by atoms with E-state index in [-0.39, 0.29) is 12.4 Å². The van der Waals surface area contributed by atoms with Crippen molar-refractivity contribution in [2.45, 2.75) is 6.92 Å². The maximum Gasteiger partial charge on any atom is 0.0110 e. The number of halogens is 1. The van der Waals surface area contributed by atoms with Gasteiger partial charge in [-0.1, -0.05) is 6.92 Å². The van der Waals surface area contributed by atoms with Crippen molar-refractivity contribution in [1.29, 1.82) is 0 Å². The summed E-state index contributed by atoms with van der Waals surface area (Å²) in [6, 6.07) is 0. The van der Waals surface area contributed by atoms with Crippen LogP contribution in [0.1, 0.15) is 6.92 Å². The van der Waals surface area contributed by atoms with Gasteiger partial charge in [0.25, 0.3) is 0 Å². The van der Waals surface area contributed by atoms with Gasteiger partial charge in [-0.15, -0.1) is 12.4 Å².